The van der Waals surface area contributed by atoms with Crippen molar-refractivity contribution >= 4 is 29.9 Å². The van der Waals surface area contributed by atoms with Gasteiger partial charge in [0.05, 0.1) is 6.54 Å². The van der Waals surface area contributed by atoms with Crippen molar-refractivity contribution in [1.82, 2.24) is 20.4 Å². The summed E-state index contributed by atoms with van der Waals surface area (Å²) in [4.78, 5) is 9.84. The number of hydrogen-bond donors (Lipinski definition) is 2. The third-order valence-electron chi connectivity index (χ3n) is 5.08. The lowest BCUT2D eigenvalue weighted by molar-refractivity contribution is 0.167. The van der Waals surface area contributed by atoms with Gasteiger partial charge in [0.25, 0.3) is 0 Å². The van der Waals surface area contributed by atoms with Gasteiger partial charge in [-0.05, 0) is 60.0 Å². The first kappa shape index (κ1) is 21.0. The Morgan fingerprint density at radius 1 is 1.17 bits per heavy atom. The van der Waals surface area contributed by atoms with Gasteiger partial charge in [-0.2, -0.15) is 0 Å². The van der Waals surface area contributed by atoms with E-state index in [0.717, 1.165) is 19.0 Å². The first-order valence-electron chi connectivity index (χ1n) is 9.09. The maximum Gasteiger partial charge on any atom is 0.191 e. The number of aliphatic imine (C=N–C) groups is 1. The number of likely N-dealkylation sites (tertiary alicyclic amines) is 2. The minimum atomic E-state index is 0. The number of rotatable bonds is 5. The van der Waals surface area contributed by atoms with Crippen LogP contribution in [0, 0.1) is 0 Å². The molecule has 6 heteroatoms. The lowest BCUT2D eigenvalue weighted by Gasteiger charge is -2.35. The van der Waals surface area contributed by atoms with Crippen LogP contribution in [0.1, 0.15) is 46.5 Å². The molecule has 1 atom stereocenters. The van der Waals surface area contributed by atoms with Gasteiger partial charge in [0, 0.05) is 37.8 Å². The lowest BCUT2D eigenvalue weighted by Crippen LogP contribution is -2.50. The molecule has 0 spiro atoms. The van der Waals surface area contributed by atoms with Gasteiger partial charge in [-0.3, -0.25) is 4.99 Å². The fourth-order valence-electron chi connectivity index (χ4n) is 3.48. The van der Waals surface area contributed by atoms with E-state index in [4.69, 9.17) is 4.99 Å². The van der Waals surface area contributed by atoms with Crippen LogP contribution < -0.4 is 10.6 Å². The number of guanidine groups is 1. The van der Waals surface area contributed by atoms with Gasteiger partial charge in [0.1, 0.15) is 0 Å². The highest BCUT2D eigenvalue weighted by Crippen LogP contribution is 2.15. The molecule has 0 saturated carbocycles. The summed E-state index contributed by atoms with van der Waals surface area (Å²) in [5.74, 6) is 1.01. The SMILES string of the molecule is CCNC(=NCC1CCCN1C)NC1CCN(C(C)C)CC1.I. The standard InChI is InChI=1S/C17H35N5.HI/c1-5-18-17(19-13-16-7-6-10-21(16)4)20-15-8-11-22(12-9-15)14(2)3;/h14-16H,5-13H2,1-4H3,(H2,18,19,20);1H. The Hall–Kier alpha value is -0.0800. The lowest BCUT2D eigenvalue weighted by atomic mass is 10.0. The zero-order valence-corrected chi connectivity index (χ0v) is 17.7. The molecule has 1 unspecified atom stereocenters. The quantitative estimate of drug-likeness (QED) is 0.393. The summed E-state index contributed by atoms with van der Waals surface area (Å²) in [5.41, 5.74) is 0. The number of nitrogens with zero attached hydrogens (tertiary/aromatic N) is 3. The van der Waals surface area contributed by atoms with E-state index in [1.165, 1.54) is 45.3 Å². The molecule has 0 aliphatic carbocycles. The molecular weight excluding hydrogens is 401 g/mol. The van der Waals surface area contributed by atoms with Crippen molar-refractivity contribution in [2.24, 2.45) is 4.99 Å². The first-order valence-corrected chi connectivity index (χ1v) is 9.09. The monoisotopic (exact) mass is 437 g/mol. The van der Waals surface area contributed by atoms with E-state index >= 15 is 0 Å². The maximum absolute atomic E-state index is 4.83. The predicted molar refractivity (Wildman–Crippen MR) is 110 cm³/mol. The second-order valence-electron chi connectivity index (χ2n) is 7.04. The van der Waals surface area contributed by atoms with Crippen molar-refractivity contribution in [2.75, 3.05) is 39.8 Å². The van der Waals surface area contributed by atoms with Gasteiger partial charge in [-0.25, -0.2) is 0 Å². The van der Waals surface area contributed by atoms with Crippen LogP contribution in [0.3, 0.4) is 0 Å². The summed E-state index contributed by atoms with van der Waals surface area (Å²) < 4.78 is 0. The first-order chi connectivity index (χ1) is 10.6. The fraction of sp³-hybridized carbons (Fsp3) is 0.941. The third kappa shape index (κ3) is 6.74. The Kier molecular flexibility index (Phi) is 9.77. The maximum atomic E-state index is 4.83. The van der Waals surface area contributed by atoms with Gasteiger partial charge < -0.3 is 20.4 Å². The smallest absolute Gasteiger partial charge is 0.191 e. The van der Waals surface area contributed by atoms with Crippen molar-refractivity contribution in [1.29, 1.82) is 0 Å². The van der Waals surface area contributed by atoms with Crippen molar-refractivity contribution in [3.63, 3.8) is 0 Å². The van der Waals surface area contributed by atoms with Crippen molar-refractivity contribution in [3.05, 3.63) is 0 Å². The van der Waals surface area contributed by atoms with Crippen LogP contribution in [0.15, 0.2) is 4.99 Å². The number of nitrogens with one attached hydrogen (secondary N) is 2. The van der Waals surface area contributed by atoms with E-state index in [1.54, 1.807) is 0 Å². The minimum Gasteiger partial charge on any atom is -0.357 e. The minimum absolute atomic E-state index is 0. The molecule has 0 aromatic carbocycles. The molecule has 23 heavy (non-hydrogen) atoms. The molecular formula is C17H36IN5. The van der Waals surface area contributed by atoms with Gasteiger partial charge in [-0.15, -0.1) is 24.0 Å². The molecule has 0 amide bonds. The predicted octanol–water partition coefficient (Wildman–Crippen LogP) is 2.13. The normalized spacial score (nSPS) is 24.7. The van der Waals surface area contributed by atoms with Gasteiger partial charge in [0.2, 0.25) is 0 Å². The van der Waals surface area contributed by atoms with E-state index in [9.17, 15) is 0 Å². The van der Waals surface area contributed by atoms with Crippen LogP contribution in [-0.2, 0) is 0 Å². The van der Waals surface area contributed by atoms with E-state index < -0.39 is 0 Å². The molecule has 5 nitrogen and oxygen atoms in total. The summed E-state index contributed by atoms with van der Waals surface area (Å²) in [6.07, 6.45) is 5.03. The van der Waals surface area contributed by atoms with Gasteiger partial charge in [-0.1, -0.05) is 0 Å². The summed E-state index contributed by atoms with van der Waals surface area (Å²) >= 11 is 0. The van der Waals surface area contributed by atoms with Crippen LogP contribution in [0.4, 0.5) is 0 Å². The number of halogens is 1. The Bertz CT molecular complexity index is 353. The molecule has 0 aromatic heterocycles. The molecule has 2 rings (SSSR count). The molecule has 0 radical (unpaired) electrons. The Morgan fingerprint density at radius 3 is 2.39 bits per heavy atom. The molecule has 0 bridgehead atoms. The molecule has 2 aliphatic heterocycles. The van der Waals surface area contributed by atoms with Gasteiger partial charge >= 0.3 is 0 Å². The molecule has 136 valence electrons. The molecule has 2 heterocycles. The van der Waals surface area contributed by atoms with E-state index in [2.05, 4.69) is 48.3 Å². The number of piperidine rings is 1. The van der Waals surface area contributed by atoms with Crippen LogP contribution in [0.5, 0.6) is 0 Å². The molecule has 2 N–H and O–H groups in total. The second-order valence-corrected chi connectivity index (χ2v) is 7.04. The van der Waals surface area contributed by atoms with Crippen molar-refractivity contribution in [2.45, 2.75) is 64.6 Å². The number of likely N-dealkylation sites (N-methyl/N-ethyl adjacent to an activating group) is 1. The Morgan fingerprint density at radius 2 is 1.87 bits per heavy atom. The summed E-state index contributed by atoms with van der Waals surface area (Å²) in [5, 5.41) is 7.06. The summed E-state index contributed by atoms with van der Waals surface area (Å²) in [6.45, 7) is 12.2. The van der Waals surface area contributed by atoms with Crippen LogP contribution >= 0.6 is 24.0 Å². The second kappa shape index (κ2) is 10.7. The molecule has 2 fully saturated rings. The zero-order valence-electron chi connectivity index (χ0n) is 15.3. The highest BCUT2D eigenvalue weighted by atomic mass is 127. The van der Waals surface area contributed by atoms with Crippen LogP contribution in [0.25, 0.3) is 0 Å². The number of hydrogen-bond acceptors (Lipinski definition) is 3. The van der Waals surface area contributed by atoms with E-state index in [0.29, 0.717) is 18.1 Å². The van der Waals surface area contributed by atoms with Crippen LogP contribution in [-0.4, -0.2) is 73.7 Å². The van der Waals surface area contributed by atoms with Crippen molar-refractivity contribution in [3.8, 4) is 0 Å². The third-order valence-corrected chi connectivity index (χ3v) is 5.08. The molecule has 2 aliphatic rings. The van der Waals surface area contributed by atoms with Crippen LogP contribution in [0.2, 0.25) is 0 Å². The average Bonchev–Trinajstić information content (AvgIpc) is 2.91. The highest BCUT2D eigenvalue weighted by molar-refractivity contribution is 14.0. The Labute approximate surface area is 159 Å². The average molecular weight is 437 g/mol. The van der Waals surface area contributed by atoms with E-state index in [1.807, 2.05) is 0 Å². The molecule has 0 aromatic rings. The molecule has 2 saturated heterocycles. The zero-order chi connectivity index (χ0) is 15.9. The topological polar surface area (TPSA) is 42.9 Å². The highest BCUT2D eigenvalue weighted by Gasteiger charge is 2.23. The summed E-state index contributed by atoms with van der Waals surface area (Å²) in [7, 11) is 2.22. The van der Waals surface area contributed by atoms with Gasteiger partial charge in [0.15, 0.2) is 5.96 Å². The van der Waals surface area contributed by atoms with Crippen molar-refractivity contribution < 1.29 is 0 Å². The Balaban J connectivity index is 0.00000264. The largest absolute Gasteiger partial charge is 0.357 e. The van der Waals surface area contributed by atoms with E-state index in [-0.39, 0.29) is 24.0 Å². The fourth-order valence-corrected chi connectivity index (χ4v) is 3.48. The summed E-state index contributed by atoms with van der Waals surface area (Å²) in [6, 6.07) is 1.85.